The van der Waals surface area contributed by atoms with Crippen molar-refractivity contribution in [2.24, 2.45) is 0 Å². The Morgan fingerprint density at radius 3 is 2.75 bits per heavy atom. The molecule has 0 aliphatic heterocycles. The van der Waals surface area contributed by atoms with E-state index < -0.39 is 0 Å². The summed E-state index contributed by atoms with van der Waals surface area (Å²) in [4.78, 5) is 0. The first kappa shape index (κ1) is 16.6. The van der Waals surface area contributed by atoms with Gasteiger partial charge < -0.3 is 14.8 Å². The molecule has 1 atom stereocenters. The highest BCUT2D eigenvalue weighted by molar-refractivity contribution is 5.41. The molecule has 1 aromatic carbocycles. The smallest absolute Gasteiger partial charge is 0.123 e. The van der Waals surface area contributed by atoms with Gasteiger partial charge in [-0.1, -0.05) is 13.0 Å². The Morgan fingerprint density at radius 2 is 2.10 bits per heavy atom. The van der Waals surface area contributed by atoms with Gasteiger partial charge in [-0.2, -0.15) is 0 Å². The monoisotopic (exact) mass is 277 g/mol. The third kappa shape index (κ3) is 5.66. The molecule has 0 bridgehead atoms. The van der Waals surface area contributed by atoms with Gasteiger partial charge in [-0.3, -0.25) is 0 Å². The predicted molar refractivity (Wildman–Crippen MR) is 84.8 cm³/mol. The van der Waals surface area contributed by atoms with Crippen LogP contribution in [0.5, 0.6) is 11.5 Å². The lowest BCUT2D eigenvalue weighted by molar-refractivity contribution is 0.301. The van der Waals surface area contributed by atoms with Crippen molar-refractivity contribution in [3.8, 4) is 11.5 Å². The van der Waals surface area contributed by atoms with Crippen molar-refractivity contribution in [2.75, 3.05) is 19.8 Å². The summed E-state index contributed by atoms with van der Waals surface area (Å²) in [6.07, 6.45) is 3.80. The van der Waals surface area contributed by atoms with Gasteiger partial charge in [0.2, 0.25) is 0 Å². The molecule has 0 aromatic heterocycles. The largest absolute Gasteiger partial charge is 0.494 e. The zero-order valence-electron chi connectivity index (χ0n) is 12.9. The molecule has 0 aliphatic carbocycles. The van der Waals surface area contributed by atoms with Crippen LogP contribution in [-0.2, 0) is 6.42 Å². The number of nitrogens with one attached hydrogen (secondary N) is 1. The van der Waals surface area contributed by atoms with Gasteiger partial charge in [0, 0.05) is 18.2 Å². The van der Waals surface area contributed by atoms with Crippen molar-refractivity contribution < 1.29 is 9.47 Å². The summed E-state index contributed by atoms with van der Waals surface area (Å²) in [6, 6.07) is 6.50. The second kappa shape index (κ2) is 9.43. The summed E-state index contributed by atoms with van der Waals surface area (Å²) in [5, 5.41) is 3.42. The van der Waals surface area contributed by atoms with E-state index in [-0.39, 0.29) is 0 Å². The summed E-state index contributed by atoms with van der Waals surface area (Å²) >= 11 is 0. The number of hydrogen-bond acceptors (Lipinski definition) is 3. The number of allylic oxidation sites excluding steroid dienone is 1. The van der Waals surface area contributed by atoms with Gasteiger partial charge in [0.05, 0.1) is 6.61 Å². The number of ether oxygens (including phenoxy) is 2. The first-order valence-electron chi connectivity index (χ1n) is 7.44. The molecule has 0 saturated heterocycles. The third-order valence-electron chi connectivity index (χ3n) is 3.17. The average Bonchev–Trinajstić information content (AvgIpc) is 2.45. The predicted octanol–water partition coefficient (Wildman–Crippen LogP) is 3.58. The quantitative estimate of drug-likeness (QED) is 0.524. The van der Waals surface area contributed by atoms with Gasteiger partial charge in [0.15, 0.2) is 0 Å². The minimum absolute atomic E-state index is 0.534. The Hall–Kier alpha value is -1.48. The van der Waals surface area contributed by atoms with E-state index in [1.165, 1.54) is 0 Å². The van der Waals surface area contributed by atoms with E-state index in [1.807, 2.05) is 31.2 Å². The fraction of sp³-hybridized carbons (Fsp3) is 0.529. The van der Waals surface area contributed by atoms with Crippen molar-refractivity contribution in [1.82, 2.24) is 5.32 Å². The van der Waals surface area contributed by atoms with Crippen LogP contribution in [0.3, 0.4) is 0 Å². The van der Waals surface area contributed by atoms with Crippen LogP contribution in [-0.4, -0.2) is 25.8 Å². The molecule has 0 heterocycles. The molecule has 3 heteroatoms. The normalized spacial score (nSPS) is 11.9. The standard InChI is InChI=1S/C17H27NO2/c1-5-8-15-13-16(19-7-3)9-10-17(15)20-12-11-18-14(4)6-2/h5,9-10,13-14,18H,1,6-8,11-12H2,2-4H3. The minimum Gasteiger partial charge on any atom is -0.494 e. The summed E-state index contributed by atoms with van der Waals surface area (Å²) in [5.74, 6) is 1.80. The zero-order valence-corrected chi connectivity index (χ0v) is 12.9. The average molecular weight is 277 g/mol. The molecule has 1 aromatic rings. The Balaban J connectivity index is 2.56. The molecular formula is C17H27NO2. The van der Waals surface area contributed by atoms with E-state index >= 15 is 0 Å². The molecular weight excluding hydrogens is 250 g/mol. The van der Waals surface area contributed by atoms with Gasteiger partial charge in [-0.15, -0.1) is 6.58 Å². The van der Waals surface area contributed by atoms with Crippen molar-refractivity contribution >= 4 is 0 Å². The van der Waals surface area contributed by atoms with Crippen molar-refractivity contribution in [2.45, 2.75) is 39.7 Å². The maximum absolute atomic E-state index is 5.85. The molecule has 1 rings (SSSR count). The number of benzene rings is 1. The van der Waals surface area contributed by atoms with E-state index in [1.54, 1.807) is 0 Å². The highest BCUT2D eigenvalue weighted by Gasteiger charge is 2.05. The van der Waals surface area contributed by atoms with Crippen molar-refractivity contribution in [3.63, 3.8) is 0 Å². The van der Waals surface area contributed by atoms with Crippen LogP contribution in [0.2, 0.25) is 0 Å². The van der Waals surface area contributed by atoms with E-state index in [4.69, 9.17) is 9.47 Å². The zero-order chi connectivity index (χ0) is 14.8. The molecule has 0 amide bonds. The fourth-order valence-corrected chi connectivity index (χ4v) is 1.88. The third-order valence-corrected chi connectivity index (χ3v) is 3.17. The highest BCUT2D eigenvalue weighted by atomic mass is 16.5. The molecule has 3 nitrogen and oxygen atoms in total. The molecule has 0 saturated carbocycles. The first-order chi connectivity index (χ1) is 9.71. The van der Waals surface area contributed by atoms with Crippen LogP contribution in [0.25, 0.3) is 0 Å². The van der Waals surface area contributed by atoms with Gasteiger partial charge in [-0.05, 0) is 44.9 Å². The Labute approximate surface area is 123 Å². The molecule has 20 heavy (non-hydrogen) atoms. The van der Waals surface area contributed by atoms with Crippen LogP contribution >= 0.6 is 0 Å². The molecule has 1 unspecified atom stereocenters. The fourth-order valence-electron chi connectivity index (χ4n) is 1.88. The summed E-state index contributed by atoms with van der Waals surface area (Å²) in [7, 11) is 0. The maximum atomic E-state index is 5.85. The lowest BCUT2D eigenvalue weighted by atomic mass is 10.1. The molecule has 0 fully saturated rings. The second-order valence-corrected chi connectivity index (χ2v) is 4.81. The SMILES string of the molecule is C=CCc1cc(OCC)ccc1OCCNC(C)CC. The topological polar surface area (TPSA) is 30.5 Å². The Kier molecular flexibility index (Phi) is 7.81. The van der Waals surface area contributed by atoms with Crippen LogP contribution in [0, 0.1) is 0 Å². The Bertz CT molecular complexity index is 404. The van der Waals surface area contributed by atoms with Gasteiger partial charge >= 0.3 is 0 Å². The lowest BCUT2D eigenvalue weighted by Crippen LogP contribution is -2.29. The van der Waals surface area contributed by atoms with E-state index in [0.717, 1.165) is 36.4 Å². The molecule has 112 valence electrons. The van der Waals surface area contributed by atoms with Crippen LogP contribution in [0.15, 0.2) is 30.9 Å². The summed E-state index contributed by atoms with van der Waals surface area (Å²) < 4.78 is 11.4. The van der Waals surface area contributed by atoms with Crippen molar-refractivity contribution in [3.05, 3.63) is 36.4 Å². The molecule has 0 radical (unpaired) electrons. The maximum Gasteiger partial charge on any atom is 0.123 e. The van der Waals surface area contributed by atoms with E-state index in [0.29, 0.717) is 19.3 Å². The second-order valence-electron chi connectivity index (χ2n) is 4.81. The number of rotatable bonds is 10. The molecule has 0 aliphatic rings. The van der Waals surface area contributed by atoms with E-state index in [9.17, 15) is 0 Å². The van der Waals surface area contributed by atoms with Gasteiger partial charge in [-0.25, -0.2) is 0 Å². The molecule has 0 spiro atoms. The first-order valence-corrected chi connectivity index (χ1v) is 7.44. The number of hydrogen-bond donors (Lipinski definition) is 1. The lowest BCUT2D eigenvalue weighted by Gasteiger charge is -2.14. The van der Waals surface area contributed by atoms with Crippen molar-refractivity contribution in [1.29, 1.82) is 0 Å². The molecule has 1 N–H and O–H groups in total. The van der Waals surface area contributed by atoms with Gasteiger partial charge in [0.1, 0.15) is 18.1 Å². The van der Waals surface area contributed by atoms with Gasteiger partial charge in [0.25, 0.3) is 0 Å². The van der Waals surface area contributed by atoms with E-state index in [2.05, 4.69) is 25.7 Å². The minimum atomic E-state index is 0.534. The highest BCUT2D eigenvalue weighted by Crippen LogP contribution is 2.25. The summed E-state index contributed by atoms with van der Waals surface area (Å²) in [6.45, 7) is 12.3. The van der Waals surface area contributed by atoms with Crippen LogP contribution in [0.1, 0.15) is 32.8 Å². The Morgan fingerprint density at radius 1 is 1.30 bits per heavy atom. The summed E-state index contributed by atoms with van der Waals surface area (Å²) in [5.41, 5.74) is 1.12. The van der Waals surface area contributed by atoms with Crippen LogP contribution in [0.4, 0.5) is 0 Å². The van der Waals surface area contributed by atoms with Crippen LogP contribution < -0.4 is 14.8 Å².